The first-order valence-corrected chi connectivity index (χ1v) is 6.73. The zero-order valence-electron chi connectivity index (χ0n) is 11.9. The second-order valence-corrected chi connectivity index (χ2v) is 5.48. The molecule has 2 rings (SSSR count). The molecule has 0 spiro atoms. The van der Waals surface area contributed by atoms with E-state index in [9.17, 15) is 19.7 Å². The van der Waals surface area contributed by atoms with E-state index in [0.29, 0.717) is 17.9 Å². The van der Waals surface area contributed by atoms with Crippen LogP contribution in [0.15, 0.2) is 24.3 Å². The predicted octanol–water partition coefficient (Wildman–Crippen LogP) is 2.06. The van der Waals surface area contributed by atoms with Gasteiger partial charge in [-0.15, -0.1) is 0 Å². The monoisotopic (exact) mass is 291 g/mol. The van der Waals surface area contributed by atoms with E-state index in [1.54, 1.807) is 12.1 Å². The van der Waals surface area contributed by atoms with Gasteiger partial charge in [-0.2, -0.15) is 0 Å². The Labute approximate surface area is 122 Å². The molecular weight excluding hydrogens is 274 g/mol. The van der Waals surface area contributed by atoms with Gasteiger partial charge in [0.15, 0.2) is 0 Å². The first-order chi connectivity index (χ1) is 9.88. The van der Waals surface area contributed by atoms with Gasteiger partial charge in [0, 0.05) is 12.1 Å². The lowest BCUT2D eigenvalue weighted by atomic mass is 10.0. The molecule has 1 aromatic rings. The number of non-ortho nitro benzene ring substituents is 1. The van der Waals surface area contributed by atoms with Crippen molar-refractivity contribution < 1.29 is 14.5 Å². The van der Waals surface area contributed by atoms with Crippen LogP contribution in [0.2, 0.25) is 0 Å². The Hall–Kier alpha value is -2.44. The van der Waals surface area contributed by atoms with Crippen molar-refractivity contribution >= 4 is 17.6 Å². The number of amides is 3. The summed E-state index contributed by atoms with van der Waals surface area (Å²) in [5, 5.41) is 13.2. The van der Waals surface area contributed by atoms with Crippen molar-refractivity contribution in [1.82, 2.24) is 10.2 Å². The van der Waals surface area contributed by atoms with E-state index in [1.165, 1.54) is 12.1 Å². The fourth-order valence-electron chi connectivity index (χ4n) is 2.26. The van der Waals surface area contributed by atoms with E-state index >= 15 is 0 Å². The smallest absolute Gasteiger partial charge is 0.325 e. The van der Waals surface area contributed by atoms with Gasteiger partial charge < -0.3 is 5.32 Å². The third-order valence-corrected chi connectivity index (χ3v) is 3.30. The van der Waals surface area contributed by atoms with Crippen LogP contribution in [-0.2, 0) is 11.3 Å². The fraction of sp³-hybridized carbons (Fsp3) is 0.429. The van der Waals surface area contributed by atoms with Crippen LogP contribution in [0.4, 0.5) is 10.5 Å². The molecule has 1 N–H and O–H groups in total. The summed E-state index contributed by atoms with van der Waals surface area (Å²) < 4.78 is 0. The summed E-state index contributed by atoms with van der Waals surface area (Å²) in [7, 11) is 0. The highest BCUT2D eigenvalue weighted by Gasteiger charge is 2.37. The molecule has 1 atom stereocenters. The van der Waals surface area contributed by atoms with Gasteiger partial charge in [-0.1, -0.05) is 26.0 Å². The number of nitrogens with zero attached hydrogens (tertiary/aromatic N) is 2. The van der Waals surface area contributed by atoms with Gasteiger partial charge in [-0.3, -0.25) is 19.8 Å². The highest BCUT2D eigenvalue weighted by molar-refractivity contribution is 6.04. The summed E-state index contributed by atoms with van der Waals surface area (Å²) in [5.74, 6) is 0.0608. The summed E-state index contributed by atoms with van der Waals surface area (Å²) in [6.07, 6.45) is 0.599. The number of hydrogen-bond acceptors (Lipinski definition) is 4. The number of nitro groups is 1. The summed E-state index contributed by atoms with van der Waals surface area (Å²) in [5.41, 5.74) is 0.655. The highest BCUT2D eigenvalue weighted by atomic mass is 16.6. The Kier molecular flexibility index (Phi) is 4.21. The molecule has 0 bridgehead atoms. The molecule has 0 unspecified atom stereocenters. The molecule has 0 aliphatic carbocycles. The minimum absolute atomic E-state index is 0.0198. The van der Waals surface area contributed by atoms with Crippen molar-refractivity contribution in [2.24, 2.45) is 5.92 Å². The Morgan fingerprint density at radius 2 is 1.90 bits per heavy atom. The second kappa shape index (κ2) is 5.90. The molecule has 0 saturated carbocycles. The van der Waals surface area contributed by atoms with Crippen LogP contribution < -0.4 is 5.32 Å². The van der Waals surface area contributed by atoms with Gasteiger partial charge >= 0.3 is 6.03 Å². The third kappa shape index (κ3) is 3.36. The van der Waals surface area contributed by atoms with Crippen LogP contribution >= 0.6 is 0 Å². The normalized spacial score (nSPS) is 18.2. The van der Waals surface area contributed by atoms with E-state index in [2.05, 4.69) is 5.32 Å². The maximum atomic E-state index is 12.2. The number of carbonyl (C=O) groups is 2. The molecule has 1 aliphatic rings. The molecule has 1 fully saturated rings. The van der Waals surface area contributed by atoms with Gasteiger partial charge in [0.05, 0.1) is 11.5 Å². The van der Waals surface area contributed by atoms with Crippen LogP contribution in [0.1, 0.15) is 25.8 Å². The molecular formula is C14H17N3O4. The highest BCUT2D eigenvalue weighted by Crippen LogP contribution is 2.18. The second-order valence-electron chi connectivity index (χ2n) is 5.48. The Morgan fingerprint density at radius 3 is 2.43 bits per heavy atom. The van der Waals surface area contributed by atoms with Crippen molar-refractivity contribution in [1.29, 1.82) is 0 Å². The zero-order chi connectivity index (χ0) is 15.6. The van der Waals surface area contributed by atoms with E-state index in [0.717, 1.165) is 4.90 Å². The SMILES string of the molecule is CC(C)C[C@H]1NC(=O)N(Cc2ccc([N+](=O)[O-])cc2)C1=O. The molecule has 1 heterocycles. The van der Waals surface area contributed by atoms with Gasteiger partial charge in [-0.25, -0.2) is 4.79 Å². The van der Waals surface area contributed by atoms with Crippen molar-refractivity contribution in [2.45, 2.75) is 32.9 Å². The van der Waals surface area contributed by atoms with Crippen LogP contribution in [-0.4, -0.2) is 27.8 Å². The third-order valence-electron chi connectivity index (χ3n) is 3.30. The lowest BCUT2D eigenvalue weighted by Crippen LogP contribution is -2.31. The molecule has 1 aliphatic heterocycles. The minimum Gasteiger partial charge on any atom is -0.326 e. The summed E-state index contributed by atoms with van der Waals surface area (Å²) in [4.78, 5) is 35.2. The number of nitrogens with one attached hydrogen (secondary N) is 1. The average Bonchev–Trinajstić information content (AvgIpc) is 2.66. The van der Waals surface area contributed by atoms with Gasteiger partial charge in [-0.05, 0) is 17.9 Å². The zero-order valence-corrected chi connectivity index (χ0v) is 11.9. The Morgan fingerprint density at radius 1 is 1.29 bits per heavy atom. The van der Waals surface area contributed by atoms with Gasteiger partial charge in [0.25, 0.3) is 11.6 Å². The maximum absolute atomic E-state index is 12.2. The fourth-order valence-corrected chi connectivity index (χ4v) is 2.26. The summed E-state index contributed by atoms with van der Waals surface area (Å²) in [6, 6.07) is 4.93. The van der Waals surface area contributed by atoms with Crippen LogP contribution in [0.5, 0.6) is 0 Å². The molecule has 0 aromatic heterocycles. The Bertz CT molecular complexity index is 568. The van der Waals surface area contributed by atoms with Crippen LogP contribution in [0.3, 0.4) is 0 Å². The van der Waals surface area contributed by atoms with Crippen molar-refractivity contribution in [3.8, 4) is 0 Å². The number of urea groups is 1. The Balaban J connectivity index is 2.07. The molecule has 7 nitrogen and oxygen atoms in total. The number of hydrogen-bond donors (Lipinski definition) is 1. The van der Waals surface area contributed by atoms with Crippen molar-refractivity contribution in [2.75, 3.05) is 0 Å². The van der Waals surface area contributed by atoms with Crippen LogP contribution in [0.25, 0.3) is 0 Å². The summed E-state index contributed by atoms with van der Waals surface area (Å²) in [6.45, 7) is 4.09. The van der Waals surface area contributed by atoms with Gasteiger partial charge in [0.1, 0.15) is 6.04 Å². The molecule has 0 radical (unpaired) electrons. The van der Waals surface area contributed by atoms with E-state index < -0.39 is 17.0 Å². The largest absolute Gasteiger partial charge is 0.326 e. The standard InChI is InChI=1S/C14H17N3O4/c1-9(2)7-12-13(18)16(14(19)15-12)8-10-3-5-11(6-4-10)17(20)21/h3-6,9,12H,7-8H2,1-2H3,(H,15,19)/t12-/m1/s1. The number of imide groups is 1. The first kappa shape index (κ1) is 15.0. The molecule has 21 heavy (non-hydrogen) atoms. The lowest BCUT2D eigenvalue weighted by molar-refractivity contribution is -0.384. The number of nitro benzene ring substituents is 1. The molecule has 1 saturated heterocycles. The topological polar surface area (TPSA) is 92.6 Å². The summed E-state index contributed by atoms with van der Waals surface area (Å²) >= 11 is 0. The van der Waals surface area contributed by atoms with Crippen molar-refractivity contribution in [3.63, 3.8) is 0 Å². The lowest BCUT2D eigenvalue weighted by Gasteiger charge is -2.13. The minimum atomic E-state index is -0.490. The number of rotatable bonds is 5. The first-order valence-electron chi connectivity index (χ1n) is 6.73. The predicted molar refractivity (Wildman–Crippen MR) is 75.4 cm³/mol. The number of carbonyl (C=O) groups excluding carboxylic acids is 2. The van der Waals surface area contributed by atoms with E-state index in [-0.39, 0.29) is 18.1 Å². The molecule has 3 amide bonds. The van der Waals surface area contributed by atoms with Gasteiger partial charge in [0.2, 0.25) is 0 Å². The quantitative estimate of drug-likeness (QED) is 0.510. The van der Waals surface area contributed by atoms with E-state index in [1.807, 2.05) is 13.8 Å². The maximum Gasteiger partial charge on any atom is 0.325 e. The van der Waals surface area contributed by atoms with Crippen molar-refractivity contribution in [3.05, 3.63) is 39.9 Å². The van der Waals surface area contributed by atoms with E-state index in [4.69, 9.17) is 0 Å². The molecule has 1 aromatic carbocycles. The van der Waals surface area contributed by atoms with Crippen LogP contribution in [0, 0.1) is 16.0 Å². The molecule has 7 heteroatoms. The number of benzene rings is 1. The molecule has 112 valence electrons. The average molecular weight is 291 g/mol.